The molecule has 1 aromatic heterocycles. The first-order valence-electron chi connectivity index (χ1n) is 9.10. The van der Waals surface area contributed by atoms with Gasteiger partial charge in [0, 0.05) is 30.1 Å². The van der Waals surface area contributed by atoms with Gasteiger partial charge >= 0.3 is 6.03 Å². The molecule has 6 nitrogen and oxygen atoms in total. The lowest BCUT2D eigenvalue weighted by Crippen LogP contribution is -2.32. The number of benzene rings is 2. The number of carbonyl (C=O) groups is 1. The van der Waals surface area contributed by atoms with Crippen molar-refractivity contribution in [3.8, 4) is 11.5 Å². The molecule has 2 amide bonds. The van der Waals surface area contributed by atoms with E-state index in [0.29, 0.717) is 11.4 Å². The predicted molar refractivity (Wildman–Crippen MR) is 106 cm³/mol. The van der Waals surface area contributed by atoms with Crippen LogP contribution in [0.3, 0.4) is 0 Å². The Labute approximate surface area is 159 Å². The van der Waals surface area contributed by atoms with Crippen LogP contribution >= 0.6 is 0 Å². The lowest BCUT2D eigenvalue weighted by Gasteiger charge is -2.16. The van der Waals surface area contributed by atoms with E-state index < -0.39 is 0 Å². The standard InChI is InChI=1S/C21H24N4O2/c1-3-20(16-14-22-25(4-2)15-16)24-21(26)23-17-9-8-12-19(13-17)27-18-10-6-5-7-11-18/h5-15,20H,3-4H2,1-2H3,(H2,23,24,26)/t20-/m1/s1. The van der Waals surface area contributed by atoms with Crippen LogP contribution in [0.1, 0.15) is 31.9 Å². The number of amides is 2. The van der Waals surface area contributed by atoms with Gasteiger partial charge in [-0.25, -0.2) is 4.79 Å². The summed E-state index contributed by atoms with van der Waals surface area (Å²) >= 11 is 0. The molecule has 1 atom stereocenters. The number of nitrogens with zero attached hydrogens (tertiary/aromatic N) is 2. The Balaban J connectivity index is 1.62. The molecule has 0 saturated carbocycles. The molecule has 3 aromatic rings. The van der Waals surface area contributed by atoms with Crippen LogP contribution in [-0.2, 0) is 6.54 Å². The molecule has 140 valence electrons. The van der Waals surface area contributed by atoms with Crippen LogP contribution in [0.4, 0.5) is 10.5 Å². The van der Waals surface area contributed by atoms with Crippen LogP contribution < -0.4 is 15.4 Å². The Morgan fingerprint density at radius 2 is 1.89 bits per heavy atom. The SMILES string of the molecule is CC[C@@H](NC(=O)Nc1cccc(Oc2ccccc2)c1)c1cnn(CC)c1. The van der Waals surface area contributed by atoms with Crippen molar-refractivity contribution >= 4 is 11.7 Å². The number of ether oxygens (including phenoxy) is 1. The van der Waals surface area contributed by atoms with Gasteiger partial charge in [-0.3, -0.25) is 4.68 Å². The minimum Gasteiger partial charge on any atom is -0.457 e. The summed E-state index contributed by atoms with van der Waals surface area (Å²) in [5, 5.41) is 10.1. The average Bonchev–Trinajstić information content (AvgIpc) is 3.16. The van der Waals surface area contributed by atoms with Crippen molar-refractivity contribution in [2.75, 3.05) is 5.32 Å². The summed E-state index contributed by atoms with van der Waals surface area (Å²) in [5.41, 5.74) is 1.66. The summed E-state index contributed by atoms with van der Waals surface area (Å²) in [6.07, 6.45) is 4.54. The monoisotopic (exact) mass is 364 g/mol. The molecule has 2 aromatic carbocycles. The van der Waals surface area contributed by atoms with E-state index >= 15 is 0 Å². The number of urea groups is 1. The second kappa shape index (κ2) is 8.89. The van der Waals surface area contributed by atoms with E-state index in [-0.39, 0.29) is 12.1 Å². The number of rotatable bonds is 7. The zero-order chi connectivity index (χ0) is 19.1. The van der Waals surface area contributed by atoms with Crippen molar-refractivity contribution in [2.45, 2.75) is 32.9 Å². The van der Waals surface area contributed by atoms with E-state index in [4.69, 9.17) is 4.74 Å². The van der Waals surface area contributed by atoms with Crippen molar-refractivity contribution in [1.82, 2.24) is 15.1 Å². The number of hydrogen-bond acceptors (Lipinski definition) is 3. The van der Waals surface area contributed by atoms with Crippen LogP contribution in [0.15, 0.2) is 67.0 Å². The van der Waals surface area contributed by atoms with Gasteiger partial charge in [0.2, 0.25) is 0 Å². The van der Waals surface area contributed by atoms with Crippen LogP contribution in [-0.4, -0.2) is 15.8 Å². The third-order valence-electron chi connectivity index (χ3n) is 4.16. The normalized spacial score (nSPS) is 11.6. The summed E-state index contributed by atoms with van der Waals surface area (Å²) in [5.74, 6) is 1.41. The third kappa shape index (κ3) is 5.10. The van der Waals surface area contributed by atoms with E-state index in [1.54, 1.807) is 12.3 Å². The quantitative estimate of drug-likeness (QED) is 0.622. The molecule has 0 bridgehead atoms. The van der Waals surface area contributed by atoms with Crippen LogP contribution in [0, 0.1) is 0 Å². The molecule has 0 unspecified atom stereocenters. The molecule has 0 aliphatic carbocycles. The zero-order valence-electron chi connectivity index (χ0n) is 15.6. The Hall–Kier alpha value is -3.28. The molecule has 0 spiro atoms. The maximum absolute atomic E-state index is 12.4. The first kappa shape index (κ1) is 18.5. The maximum atomic E-state index is 12.4. The highest BCUT2D eigenvalue weighted by atomic mass is 16.5. The number of carbonyl (C=O) groups excluding carboxylic acids is 1. The Bertz CT molecular complexity index is 877. The lowest BCUT2D eigenvalue weighted by molar-refractivity contribution is 0.248. The lowest BCUT2D eigenvalue weighted by atomic mass is 10.1. The number of hydrogen-bond donors (Lipinski definition) is 2. The topological polar surface area (TPSA) is 68.2 Å². The number of nitrogens with one attached hydrogen (secondary N) is 2. The van der Waals surface area contributed by atoms with Gasteiger partial charge in [0.25, 0.3) is 0 Å². The average molecular weight is 364 g/mol. The largest absolute Gasteiger partial charge is 0.457 e. The van der Waals surface area contributed by atoms with Crippen molar-refractivity contribution in [3.05, 3.63) is 72.6 Å². The minimum atomic E-state index is -0.261. The van der Waals surface area contributed by atoms with Gasteiger partial charge in [0.05, 0.1) is 12.2 Å². The molecule has 1 heterocycles. The number of aromatic nitrogens is 2. The fourth-order valence-electron chi connectivity index (χ4n) is 2.74. The highest BCUT2D eigenvalue weighted by Gasteiger charge is 2.14. The molecule has 0 aliphatic heterocycles. The fraction of sp³-hybridized carbons (Fsp3) is 0.238. The van der Waals surface area contributed by atoms with Gasteiger partial charge in [-0.05, 0) is 37.6 Å². The van der Waals surface area contributed by atoms with Gasteiger partial charge in [-0.15, -0.1) is 0 Å². The molecular weight excluding hydrogens is 340 g/mol. The predicted octanol–water partition coefficient (Wildman–Crippen LogP) is 4.97. The van der Waals surface area contributed by atoms with Crippen LogP contribution in [0.5, 0.6) is 11.5 Å². The molecule has 0 aliphatic rings. The Morgan fingerprint density at radius 3 is 2.59 bits per heavy atom. The Morgan fingerprint density at radius 1 is 1.11 bits per heavy atom. The fourth-order valence-corrected chi connectivity index (χ4v) is 2.74. The molecule has 0 radical (unpaired) electrons. The summed E-state index contributed by atoms with van der Waals surface area (Å²) in [4.78, 5) is 12.4. The van der Waals surface area contributed by atoms with Gasteiger partial charge in [-0.1, -0.05) is 31.2 Å². The third-order valence-corrected chi connectivity index (χ3v) is 4.16. The van der Waals surface area contributed by atoms with E-state index in [2.05, 4.69) is 15.7 Å². The molecule has 27 heavy (non-hydrogen) atoms. The van der Waals surface area contributed by atoms with Gasteiger partial charge in [-0.2, -0.15) is 5.10 Å². The van der Waals surface area contributed by atoms with Crippen LogP contribution in [0.2, 0.25) is 0 Å². The van der Waals surface area contributed by atoms with Gasteiger partial charge in [0.1, 0.15) is 11.5 Å². The Kier molecular flexibility index (Phi) is 6.10. The van der Waals surface area contributed by atoms with Crippen molar-refractivity contribution in [3.63, 3.8) is 0 Å². The van der Waals surface area contributed by atoms with Gasteiger partial charge < -0.3 is 15.4 Å². The number of aryl methyl sites for hydroxylation is 1. The summed E-state index contributed by atoms with van der Waals surface area (Å²) in [7, 11) is 0. The van der Waals surface area contributed by atoms with Crippen molar-refractivity contribution in [1.29, 1.82) is 0 Å². The van der Waals surface area contributed by atoms with E-state index in [1.165, 1.54) is 0 Å². The molecule has 2 N–H and O–H groups in total. The highest BCUT2D eigenvalue weighted by Crippen LogP contribution is 2.24. The van der Waals surface area contributed by atoms with Gasteiger partial charge in [0.15, 0.2) is 0 Å². The second-order valence-corrected chi connectivity index (χ2v) is 6.13. The van der Waals surface area contributed by atoms with Crippen LogP contribution in [0.25, 0.3) is 0 Å². The maximum Gasteiger partial charge on any atom is 0.319 e. The first-order chi connectivity index (χ1) is 13.2. The summed E-state index contributed by atoms with van der Waals surface area (Å²) in [6.45, 7) is 4.86. The summed E-state index contributed by atoms with van der Waals surface area (Å²) in [6, 6.07) is 16.5. The van der Waals surface area contributed by atoms with E-state index in [0.717, 1.165) is 24.3 Å². The van der Waals surface area contributed by atoms with Crippen molar-refractivity contribution < 1.29 is 9.53 Å². The van der Waals surface area contributed by atoms with E-state index in [9.17, 15) is 4.79 Å². The van der Waals surface area contributed by atoms with Crippen molar-refractivity contribution in [2.24, 2.45) is 0 Å². The number of anilines is 1. The molecular formula is C21H24N4O2. The molecule has 3 rings (SSSR count). The van der Waals surface area contributed by atoms with E-state index in [1.807, 2.05) is 73.3 Å². The molecule has 0 fully saturated rings. The minimum absolute atomic E-state index is 0.0888. The first-order valence-corrected chi connectivity index (χ1v) is 9.10. The second-order valence-electron chi connectivity index (χ2n) is 6.13. The molecule has 6 heteroatoms. The zero-order valence-corrected chi connectivity index (χ0v) is 15.6. The number of para-hydroxylation sites is 1. The highest BCUT2D eigenvalue weighted by molar-refractivity contribution is 5.89. The molecule has 0 saturated heterocycles. The summed E-state index contributed by atoms with van der Waals surface area (Å²) < 4.78 is 7.65. The smallest absolute Gasteiger partial charge is 0.319 e.